The summed E-state index contributed by atoms with van der Waals surface area (Å²) in [5, 5.41) is 10.3. The van der Waals surface area contributed by atoms with E-state index in [1.807, 2.05) is 13.8 Å². The van der Waals surface area contributed by atoms with Gasteiger partial charge >= 0.3 is 0 Å². The Bertz CT molecular complexity index is 1260. The molecule has 1 aromatic carbocycles. The summed E-state index contributed by atoms with van der Waals surface area (Å²) in [6.07, 6.45) is 3.67. The minimum atomic E-state index is -3.95. The molecule has 0 radical (unpaired) electrons. The Morgan fingerprint density at radius 2 is 1.80 bits per heavy atom. The van der Waals surface area contributed by atoms with Gasteiger partial charge in [0.1, 0.15) is 10.7 Å². The number of morpholine rings is 1. The summed E-state index contributed by atoms with van der Waals surface area (Å²) in [6.45, 7) is 10.2. The number of hydrogen-bond donors (Lipinski definition) is 1. The molecule has 0 bridgehead atoms. The fourth-order valence-electron chi connectivity index (χ4n) is 3.88. The van der Waals surface area contributed by atoms with Crippen LogP contribution in [0.1, 0.15) is 25.8 Å². The predicted octanol–water partition coefficient (Wildman–Crippen LogP) is 4.16. The number of ether oxygens (including phenoxy) is 3. The van der Waals surface area contributed by atoms with E-state index >= 15 is 0 Å². The zero-order valence-electron chi connectivity index (χ0n) is 20.7. The van der Waals surface area contributed by atoms with Crippen LogP contribution < -0.4 is 14.4 Å². The minimum absolute atomic E-state index is 0.0298. The molecule has 0 saturated carbocycles. The van der Waals surface area contributed by atoms with Crippen LogP contribution in [0.15, 0.2) is 53.9 Å². The first kappa shape index (κ1) is 26.4. The second-order valence-electron chi connectivity index (χ2n) is 7.70. The Morgan fingerprint density at radius 1 is 1.14 bits per heavy atom. The third-order valence-corrected chi connectivity index (χ3v) is 7.31. The van der Waals surface area contributed by atoms with Crippen molar-refractivity contribution < 1.29 is 27.7 Å². The molecule has 1 N–H and O–H groups in total. The molecule has 3 aromatic rings. The number of pyridine rings is 1. The van der Waals surface area contributed by atoms with Crippen molar-refractivity contribution in [2.45, 2.75) is 31.6 Å². The van der Waals surface area contributed by atoms with Crippen molar-refractivity contribution in [3.05, 3.63) is 54.6 Å². The SMILES string of the molecule is C=C(O)CCc1cn(S(=O)(=O)c2ccc(N3CCOCC3)nc2)c2cc(OC)c(OC)cc12.CC. The molecule has 9 nitrogen and oxygen atoms in total. The van der Waals surface area contributed by atoms with Crippen molar-refractivity contribution in [3.8, 4) is 11.5 Å². The molecule has 0 atom stereocenters. The van der Waals surface area contributed by atoms with Gasteiger partial charge in [-0.05, 0) is 30.2 Å². The second kappa shape index (κ2) is 11.5. The lowest BCUT2D eigenvalue weighted by Gasteiger charge is -2.27. The maximum absolute atomic E-state index is 13.6. The van der Waals surface area contributed by atoms with Crippen LogP contribution in [0.5, 0.6) is 11.5 Å². The van der Waals surface area contributed by atoms with E-state index in [1.54, 1.807) is 30.5 Å². The van der Waals surface area contributed by atoms with Gasteiger partial charge in [0, 0.05) is 43.4 Å². The summed E-state index contributed by atoms with van der Waals surface area (Å²) in [5.41, 5.74) is 1.19. The highest BCUT2D eigenvalue weighted by atomic mass is 32.2. The Labute approximate surface area is 206 Å². The topological polar surface area (TPSA) is 103 Å². The van der Waals surface area contributed by atoms with E-state index in [1.165, 1.54) is 24.4 Å². The standard InChI is InChI=1S/C23H27N3O6S.C2H6/c1-16(27)4-5-17-15-26(20-13-22(31-3)21(30-2)12-19(17)20)33(28,29)18-6-7-23(24-14-18)25-8-10-32-11-9-25;1-2/h6-7,12-15,27H,1,4-5,8-11H2,2-3H3;1-2H3. The molecule has 4 rings (SSSR count). The van der Waals surface area contributed by atoms with Crippen LogP contribution in [0.25, 0.3) is 10.9 Å². The number of benzene rings is 1. The first-order valence-corrected chi connectivity index (χ1v) is 13.0. The maximum Gasteiger partial charge on any atom is 0.269 e. The van der Waals surface area contributed by atoms with Gasteiger partial charge in [0.05, 0.1) is 38.7 Å². The first-order chi connectivity index (χ1) is 16.8. The number of nitrogens with zero attached hydrogens (tertiary/aromatic N) is 3. The number of fused-ring (bicyclic) bond motifs is 1. The van der Waals surface area contributed by atoms with Crippen molar-refractivity contribution in [1.29, 1.82) is 0 Å². The molecule has 1 aliphatic rings. The molecule has 2 aromatic heterocycles. The molecule has 0 spiro atoms. The van der Waals surface area contributed by atoms with Gasteiger partial charge in [-0.2, -0.15) is 0 Å². The molecule has 190 valence electrons. The van der Waals surface area contributed by atoms with Crippen LogP contribution in [-0.2, 0) is 21.2 Å². The Kier molecular flexibility index (Phi) is 8.63. The normalized spacial score (nSPS) is 13.8. The number of allylic oxidation sites excluding steroid dienone is 1. The van der Waals surface area contributed by atoms with Gasteiger partial charge in [0.15, 0.2) is 11.5 Å². The zero-order valence-corrected chi connectivity index (χ0v) is 21.5. The fraction of sp³-hybridized carbons (Fsp3) is 0.400. The molecule has 35 heavy (non-hydrogen) atoms. The fourth-order valence-corrected chi connectivity index (χ4v) is 5.21. The third-order valence-electron chi connectivity index (χ3n) is 5.65. The lowest BCUT2D eigenvalue weighted by Crippen LogP contribution is -2.36. The van der Waals surface area contributed by atoms with E-state index < -0.39 is 10.0 Å². The average molecular weight is 504 g/mol. The highest BCUT2D eigenvalue weighted by molar-refractivity contribution is 7.90. The average Bonchev–Trinajstić information content (AvgIpc) is 3.26. The van der Waals surface area contributed by atoms with Crippen molar-refractivity contribution in [3.63, 3.8) is 0 Å². The van der Waals surface area contributed by atoms with Crippen molar-refractivity contribution in [2.75, 3.05) is 45.4 Å². The predicted molar refractivity (Wildman–Crippen MR) is 136 cm³/mol. The largest absolute Gasteiger partial charge is 0.513 e. The molecule has 1 aliphatic heterocycles. The second-order valence-corrected chi connectivity index (χ2v) is 9.51. The maximum atomic E-state index is 13.6. The molecule has 0 aliphatic carbocycles. The van der Waals surface area contributed by atoms with Crippen LogP contribution in [0, 0.1) is 0 Å². The summed E-state index contributed by atoms with van der Waals surface area (Å²) < 4.78 is 44.6. The molecule has 1 fully saturated rings. The summed E-state index contributed by atoms with van der Waals surface area (Å²) in [6, 6.07) is 6.66. The van der Waals surface area contributed by atoms with Gasteiger partial charge in [-0.25, -0.2) is 17.4 Å². The zero-order chi connectivity index (χ0) is 25.6. The van der Waals surface area contributed by atoms with Crippen molar-refractivity contribution in [1.82, 2.24) is 8.96 Å². The smallest absolute Gasteiger partial charge is 0.269 e. The van der Waals surface area contributed by atoms with E-state index in [0.29, 0.717) is 67.4 Å². The molecule has 1 saturated heterocycles. The molecular formula is C25H33N3O6S. The van der Waals surface area contributed by atoms with Crippen LogP contribution in [0.2, 0.25) is 0 Å². The van der Waals surface area contributed by atoms with Gasteiger partial charge in [-0.3, -0.25) is 0 Å². The Balaban J connectivity index is 0.00000167. The summed E-state index contributed by atoms with van der Waals surface area (Å²) in [7, 11) is -0.927. The molecule has 3 heterocycles. The Hall–Kier alpha value is -3.24. The van der Waals surface area contributed by atoms with Crippen LogP contribution in [0.4, 0.5) is 5.82 Å². The van der Waals surface area contributed by atoms with Gasteiger partial charge in [-0.15, -0.1) is 0 Å². The number of aliphatic hydroxyl groups is 1. The van der Waals surface area contributed by atoms with Gasteiger partial charge < -0.3 is 24.2 Å². The van der Waals surface area contributed by atoms with Crippen LogP contribution in [0.3, 0.4) is 0 Å². The number of aryl methyl sites for hydroxylation is 1. The van der Waals surface area contributed by atoms with Crippen LogP contribution >= 0.6 is 0 Å². The number of aromatic nitrogens is 2. The highest BCUT2D eigenvalue weighted by Crippen LogP contribution is 2.36. The van der Waals surface area contributed by atoms with Gasteiger partial charge in [-0.1, -0.05) is 20.4 Å². The minimum Gasteiger partial charge on any atom is -0.513 e. The molecular weight excluding hydrogens is 470 g/mol. The number of hydrogen-bond acceptors (Lipinski definition) is 8. The molecule has 0 unspecified atom stereocenters. The monoisotopic (exact) mass is 503 g/mol. The number of rotatable bonds is 8. The molecule has 10 heteroatoms. The Morgan fingerprint density at radius 3 is 2.37 bits per heavy atom. The van der Waals surface area contributed by atoms with Crippen molar-refractivity contribution >= 4 is 26.7 Å². The van der Waals surface area contributed by atoms with Crippen LogP contribution in [-0.4, -0.2) is 63.0 Å². The van der Waals surface area contributed by atoms with E-state index in [9.17, 15) is 13.5 Å². The summed E-state index contributed by atoms with van der Waals surface area (Å²) >= 11 is 0. The summed E-state index contributed by atoms with van der Waals surface area (Å²) in [4.78, 5) is 6.52. The van der Waals surface area contributed by atoms with E-state index in [2.05, 4.69) is 16.5 Å². The van der Waals surface area contributed by atoms with E-state index in [-0.39, 0.29) is 10.7 Å². The highest BCUT2D eigenvalue weighted by Gasteiger charge is 2.24. The lowest BCUT2D eigenvalue weighted by atomic mass is 10.1. The summed E-state index contributed by atoms with van der Waals surface area (Å²) in [5.74, 6) is 1.64. The number of anilines is 1. The first-order valence-electron chi connectivity index (χ1n) is 11.5. The number of aliphatic hydroxyl groups excluding tert-OH is 1. The third kappa shape index (κ3) is 5.54. The van der Waals surface area contributed by atoms with Crippen molar-refractivity contribution in [2.24, 2.45) is 0 Å². The van der Waals surface area contributed by atoms with Gasteiger partial charge in [0.2, 0.25) is 0 Å². The van der Waals surface area contributed by atoms with E-state index in [4.69, 9.17) is 14.2 Å². The molecule has 0 amide bonds. The lowest BCUT2D eigenvalue weighted by molar-refractivity contribution is 0.122. The quantitative estimate of drug-likeness (QED) is 0.457. The van der Waals surface area contributed by atoms with E-state index in [0.717, 1.165) is 5.56 Å². The number of methoxy groups -OCH3 is 2. The van der Waals surface area contributed by atoms with Gasteiger partial charge in [0.25, 0.3) is 10.0 Å².